The van der Waals surface area contributed by atoms with Crippen LogP contribution in [0.5, 0.6) is 5.75 Å². The van der Waals surface area contributed by atoms with Crippen LogP contribution in [0.4, 0.5) is 5.13 Å². The average Bonchev–Trinajstić information content (AvgIpc) is 3.04. The number of amides is 1. The Hall–Kier alpha value is -2.49. The van der Waals surface area contributed by atoms with Crippen molar-refractivity contribution in [2.75, 3.05) is 18.5 Å². The van der Waals surface area contributed by atoms with Gasteiger partial charge in [0.05, 0.1) is 21.7 Å². The van der Waals surface area contributed by atoms with Crippen molar-refractivity contribution in [3.8, 4) is 5.75 Å². The molecule has 0 aliphatic carbocycles. The summed E-state index contributed by atoms with van der Waals surface area (Å²) in [5, 5.41) is 3.19. The summed E-state index contributed by atoms with van der Waals surface area (Å²) < 4.78 is 33.2. The number of sulfonamides is 1. The van der Waals surface area contributed by atoms with Crippen LogP contribution in [0.3, 0.4) is 0 Å². The van der Waals surface area contributed by atoms with Gasteiger partial charge in [0.1, 0.15) is 5.75 Å². The van der Waals surface area contributed by atoms with Crippen molar-refractivity contribution in [2.24, 2.45) is 0 Å². The van der Waals surface area contributed by atoms with E-state index in [2.05, 4.69) is 15.0 Å². The normalized spacial score (nSPS) is 11.4. The summed E-state index contributed by atoms with van der Waals surface area (Å²) in [7, 11) is -3.68. The highest BCUT2D eigenvalue weighted by Gasteiger charge is 2.15. The standard InChI is InChI=1S/C18H19N3O4S2/c1-2-25-13-7-9-14(10-8-13)27(23,24)19-12-11-17(22)21-18-20-15-5-3-4-6-16(15)26-18/h3-10,19H,2,11-12H2,1H3,(H,20,21,22). The van der Waals surface area contributed by atoms with Crippen molar-refractivity contribution < 1.29 is 17.9 Å². The molecule has 142 valence electrons. The number of hydrogen-bond donors (Lipinski definition) is 2. The Morgan fingerprint density at radius 1 is 1.15 bits per heavy atom. The van der Waals surface area contributed by atoms with Crippen molar-refractivity contribution in [3.63, 3.8) is 0 Å². The molecule has 1 aromatic heterocycles. The lowest BCUT2D eigenvalue weighted by atomic mass is 10.3. The number of ether oxygens (including phenoxy) is 1. The summed E-state index contributed by atoms with van der Waals surface area (Å²) in [4.78, 5) is 16.5. The molecule has 7 nitrogen and oxygen atoms in total. The Kier molecular flexibility index (Phi) is 6.04. The third kappa shape index (κ3) is 5.03. The second kappa shape index (κ2) is 8.47. The van der Waals surface area contributed by atoms with Crippen LogP contribution in [0.15, 0.2) is 53.4 Å². The fourth-order valence-corrected chi connectivity index (χ4v) is 4.29. The summed E-state index contributed by atoms with van der Waals surface area (Å²) in [6.07, 6.45) is 0.00614. The van der Waals surface area contributed by atoms with Gasteiger partial charge in [0.15, 0.2) is 5.13 Å². The lowest BCUT2D eigenvalue weighted by molar-refractivity contribution is -0.116. The van der Waals surface area contributed by atoms with E-state index in [1.807, 2.05) is 31.2 Å². The molecule has 0 spiro atoms. The molecule has 2 N–H and O–H groups in total. The van der Waals surface area contributed by atoms with Gasteiger partial charge in [-0.15, -0.1) is 0 Å². The Labute approximate surface area is 161 Å². The number of fused-ring (bicyclic) bond motifs is 1. The molecule has 0 radical (unpaired) electrons. The first kappa shape index (κ1) is 19.3. The highest BCUT2D eigenvalue weighted by molar-refractivity contribution is 7.89. The summed E-state index contributed by atoms with van der Waals surface area (Å²) in [6.45, 7) is 2.35. The molecule has 1 amide bonds. The number of carbonyl (C=O) groups excluding carboxylic acids is 1. The van der Waals surface area contributed by atoms with E-state index in [9.17, 15) is 13.2 Å². The minimum atomic E-state index is -3.68. The Bertz CT molecular complexity index is 997. The average molecular weight is 406 g/mol. The molecule has 0 saturated heterocycles. The highest BCUT2D eigenvalue weighted by atomic mass is 32.2. The topological polar surface area (TPSA) is 97.4 Å². The minimum absolute atomic E-state index is 0.00614. The maximum atomic E-state index is 12.3. The van der Waals surface area contributed by atoms with Gasteiger partial charge in [0, 0.05) is 13.0 Å². The summed E-state index contributed by atoms with van der Waals surface area (Å²) >= 11 is 1.37. The van der Waals surface area contributed by atoms with Gasteiger partial charge in [0.25, 0.3) is 0 Å². The van der Waals surface area contributed by atoms with Crippen LogP contribution in [-0.2, 0) is 14.8 Å². The maximum absolute atomic E-state index is 12.3. The SMILES string of the molecule is CCOc1ccc(S(=O)(=O)NCCC(=O)Nc2nc3ccccc3s2)cc1. The van der Waals surface area contributed by atoms with Gasteiger partial charge < -0.3 is 10.1 Å². The first-order valence-electron chi connectivity index (χ1n) is 8.36. The minimum Gasteiger partial charge on any atom is -0.494 e. The van der Waals surface area contributed by atoms with Crippen LogP contribution < -0.4 is 14.8 Å². The largest absolute Gasteiger partial charge is 0.494 e. The Morgan fingerprint density at radius 3 is 2.59 bits per heavy atom. The van der Waals surface area contributed by atoms with Gasteiger partial charge >= 0.3 is 0 Å². The summed E-state index contributed by atoms with van der Waals surface area (Å²) in [5.74, 6) is 0.301. The molecular weight excluding hydrogens is 386 g/mol. The van der Waals surface area contributed by atoms with E-state index < -0.39 is 10.0 Å². The molecule has 27 heavy (non-hydrogen) atoms. The molecule has 1 heterocycles. The molecule has 3 rings (SSSR count). The molecule has 9 heteroatoms. The highest BCUT2D eigenvalue weighted by Crippen LogP contribution is 2.25. The first-order valence-corrected chi connectivity index (χ1v) is 10.7. The molecular formula is C18H19N3O4S2. The monoisotopic (exact) mass is 405 g/mol. The van der Waals surface area contributed by atoms with E-state index in [-0.39, 0.29) is 23.8 Å². The smallest absolute Gasteiger partial charge is 0.240 e. The van der Waals surface area contributed by atoms with E-state index in [1.165, 1.54) is 23.5 Å². The number of aromatic nitrogens is 1. The van der Waals surface area contributed by atoms with E-state index in [4.69, 9.17) is 4.74 Å². The number of rotatable bonds is 8. The van der Waals surface area contributed by atoms with Gasteiger partial charge in [-0.25, -0.2) is 18.1 Å². The second-order valence-corrected chi connectivity index (χ2v) is 8.38. The number of carbonyl (C=O) groups is 1. The fraction of sp³-hybridized carbons (Fsp3) is 0.222. The van der Waals surface area contributed by atoms with Crippen LogP contribution in [0.2, 0.25) is 0 Å². The molecule has 0 unspecified atom stereocenters. The van der Waals surface area contributed by atoms with Crippen molar-refractivity contribution >= 4 is 42.6 Å². The van der Waals surface area contributed by atoms with E-state index >= 15 is 0 Å². The number of nitrogens with one attached hydrogen (secondary N) is 2. The van der Waals surface area contributed by atoms with Gasteiger partial charge in [-0.3, -0.25) is 4.79 Å². The quantitative estimate of drug-likeness (QED) is 0.600. The Morgan fingerprint density at radius 2 is 1.89 bits per heavy atom. The zero-order chi connectivity index (χ0) is 19.3. The third-order valence-electron chi connectivity index (χ3n) is 3.63. The molecule has 2 aromatic carbocycles. The second-order valence-electron chi connectivity index (χ2n) is 5.59. The number of benzene rings is 2. The van der Waals surface area contributed by atoms with Crippen LogP contribution in [-0.4, -0.2) is 32.5 Å². The molecule has 0 aliphatic heterocycles. The van der Waals surface area contributed by atoms with Gasteiger partial charge in [0.2, 0.25) is 15.9 Å². The van der Waals surface area contributed by atoms with Crippen LogP contribution in [0.1, 0.15) is 13.3 Å². The third-order valence-corrected chi connectivity index (χ3v) is 6.06. The molecule has 0 aliphatic rings. The maximum Gasteiger partial charge on any atom is 0.240 e. The molecule has 0 bridgehead atoms. The van der Waals surface area contributed by atoms with Crippen LogP contribution in [0.25, 0.3) is 10.2 Å². The lowest BCUT2D eigenvalue weighted by Gasteiger charge is -2.08. The summed E-state index contributed by atoms with van der Waals surface area (Å²) in [6, 6.07) is 13.7. The fourth-order valence-electron chi connectivity index (χ4n) is 2.37. The molecule has 0 saturated carbocycles. The van der Waals surface area contributed by atoms with E-state index in [0.29, 0.717) is 17.5 Å². The Balaban J connectivity index is 1.52. The summed E-state index contributed by atoms with van der Waals surface area (Å²) in [5.41, 5.74) is 0.814. The van der Waals surface area contributed by atoms with Gasteiger partial charge in [-0.1, -0.05) is 23.5 Å². The number of nitrogens with zero attached hydrogens (tertiary/aromatic N) is 1. The number of thiazole rings is 1. The lowest BCUT2D eigenvalue weighted by Crippen LogP contribution is -2.27. The van der Waals surface area contributed by atoms with Crippen LogP contribution >= 0.6 is 11.3 Å². The van der Waals surface area contributed by atoms with Crippen molar-refractivity contribution in [2.45, 2.75) is 18.2 Å². The van der Waals surface area contributed by atoms with E-state index in [1.54, 1.807) is 12.1 Å². The van der Waals surface area contributed by atoms with Crippen molar-refractivity contribution in [1.29, 1.82) is 0 Å². The molecule has 3 aromatic rings. The van der Waals surface area contributed by atoms with E-state index in [0.717, 1.165) is 10.2 Å². The molecule has 0 fully saturated rings. The number of hydrogen-bond acceptors (Lipinski definition) is 6. The van der Waals surface area contributed by atoms with Crippen molar-refractivity contribution in [3.05, 3.63) is 48.5 Å². The van der Waals surface area contributed by atoms with Crippen LogP contribution in [0, 0.1) is 0 Å². The predicted octanol–water partition coefficient (Wildman–Crippen LogP) is 3.00. The number of anilines is 1. The van der Waals surface area contributed by atoms with Gasteiger partial charge in [-0.2, -0.15) is 0 Å². The van der Waals surface area contributed by atoms with Crippen molar-refractivity contribution in [1.82, 2.24) is 9.71 Å². The zero-order valence-corrected chi connectivity index (χ0v) is 16.3. The first-order chi connectivity index (χ1) is 13.0. The molecule has 0 atom stereocenters. The predicted molar refractivity (Wildman–Crippen MR) is 106 cm³/mol. The van der Waals surface area contributed by atoms with Gasteiger partial charge in [-0.05, 0) is 43.3 Å². The zero-order valence-electron chi connectivity index (χ0n) is 14.6. The number of para-hydroxylation sites is 1.